The SMILES string of the molecule is CSCCCCNC(=O)C(CN)CC(C)C. The molecule has 0 aliphatic carbocycles. The van der Waals surface area contributed by atoms with Crippen LogP contribution in [0.15, 0.2) is 0 Å². The molecule has 0 saturated heterocycles. The van der Waals surface area contributed by atoms with E-state index in [2.05, 4.69) is 25.4 Å². The molecule has 0 aromatic heterocycles. The van der Waals surface area contributed by atoms with Crippen molar-refractivity contribution in [2.45, 2.75) is 33.1 Å². The van der Waals surface area contributed by atoms with Crippen molar-refractivity contribution >= 4 is 17.7 Å². The highest BCUT2D eigenvalue weighted by molar-refractivity contribution is 7.98. The van der Waals surface area contributed by atoms with Crippen LogP contribution in [-0.2, 0) is 4.79 Å². The molecule has 0 aliphatic heterocycles. The number of carbonyl (C=O) groups is 1. The molecule has 0 aliphatic rings. The molecule has 0 bridgehead atoms. The number of carbonyl (C=O) groups excluding carboxylic acids is 1. The van der Waals surface area contributed by atoms with Crippen LogP contribution < -0.4 is 11.1 Å². The summed E-state index contributed by atoms with van der Waals surface area (Å²) in [6.07, 6.45) is 5.21. The fraction of sp³-hybridized carbons (Fsp3) is 0.917. The minimum Gasteiger partial charge on any atom is -0.356 e. The van der Waals surface area contributed by atoms with E-state index in [1.165, 1.54) is 12.2 Å². The molecule has 96 valence electrons. The molecule has 0 aromatic rings. The summed E-state index contributed by atoms with van der Waals surface area (Å²) in [4.78, 5) is 11.7. The number of hydrogen-bond acceptors (Lipinski definition) is 3. The first-order chi connectivity index (χ1) is 7.61. The van der Waals surface area contributed by atoms with Gasteiger partial charge in [-0.25, -0.2) is 0 Å². The van der Waals surface area contributed by atoms with Gasteiger partial charge in [0.1, 0.15) is 0 Å². The zero-order valence-electron chi connectivity index (χ0n) is 10.8. The van der Waals surface area contributed by atoms with Gasteiger partial charge >= 0.3 is 0 Å². The van der Waals surface area contributed by atoms with Gasteiger partial charge < -0.3 is 11.1 Å². The van der Waals surface area contributed by atoms with Crippen LogP contribution in [0.3, 0.4) is 0 Å². The lowest BCUT2D eigenvalue weighted by molar-refractivity contribution is -0.125. The lowest BCUT2D eigenvalue weighted by Gasteiger charge is -2.16. The summed E-state index contributed by atoms with van der Waals surface area (Å²) in [6, 6.07) is 0. The van der Waals surface area contributed by atoms with Gasteiger partial charge in [-0.1, -0.05) is 13.8 Å². The number of nitrogens with two attached hydrogens (primary N) is 1. The fourth-order valence-corrected chi connectivity index (χ4v) is 2.10. The summed E-state index contributed by atoms with van der Waals surface area (Å²) in [7, 11) is 0. The third-order valence-corrected chi connectivity index (χ3v) is 3.18. The van der Waals surface area contributed by atoms with Crippen LogP contribution in [0.25, 0.3) is 0 Å². The van der Waals surface area contributed by atoms with Crippen molar-refractivity contribution in [3.05, 3.63) is 0 Å². The van der Waals surface area contributed by atoms with Crippen molar-refractivity contribution in [2.24, 2.45) is 17.6 Å². The number of amides is 1. The maximum Gasteiger partial charge on any atom is 0.224 e. The third kappa shape index (κ3) is 7.99. The monoisotopic (exact) mass is 246 g/mol. The van der Waals surface area contributed by atoms with E-state index in [4.69, 9.17) is 5.73 Å². The summed E-state index contributed by atoms with van der Waals surface area (Å²) < 4.78 is 0. The quantitative estimate of drug-likeness (QED) is 0.611. The van der Waals surface area contributed by atoms with Gasteiger partial charge in [-0.2, -0.15) is 11.8 Å². The van der Waals surface area contributed by atoms with Crippen LogP contribution in [-0.4, -0.2) is 31.0 Å². The molecule has 0 aromatic carbocycles. The molecule has 3 nitrogen and oxygen atoms in total. The molecule has 0 fully saturated rings. The van der Waals surface area contributed by atoms with E-state index >= 15 is 0 Å². The Morgan fingerprint density at radius 1 is 1.38 bits per heavy atom. The van der Waals surface area contributed by atoms with Crippen molar-refractivity contribution in [3.63, 3.8) is 0 Å². The van der Waals surface area contributed by atoms with Crippen molar-refractivity contribution in [1.29, 1.82) is 0 Å². The highest BCUT2D eigenvalue weighted by atomic mass is 32.2. The van der Waals surface area contributed by atoms with E-state index in [-0.39, 0.29) is 11.8 Å². The highest BCUT2D eigenvalue weighted by Gasteiger charge is 2.17. The first-order valence-electron chi connectivity index (χ1n) is 6.08. The van der Waals surface area contributed by atoms with Gasteiger partial charge in [-0.15, -0.1) is 0 Å². The Labute approximate surface area is 104 Å². The van der Waals surface area contributed by atoms with E-state index in [9.17, 15) is 4.79 Å². The Balaban J connectivity index is 3.67. The Morgan fingerprint density at radius 3 is 2.56 bits per heavy atom. The van der Waals surface area contributed by atoms with Crippen molar-refractivity contribution in [1.82, 2.24) is 5.32 Å². The van der Waals surface area contributed by atoms with Crippen LogP contribution in [0.2, 0.25) is 0 Å². The second-order valence-electron chi connectivity index (χ2n) is 4.55. The Hall–Kier alpha value is -0.220. The van der Waals surface area contributed by atoms with Crippen LogP contribution in [0.4, 0.5) is 0 Å². The average Bonchev–Trinajstić information content (AvgIpc) is 2.25. The largest absolute Gasteiger partial charge is 0.356 e. The molecule has 0 radical (unpaired) electrons. The summed E-state index contributed by atoms with van der Waals surface area (Å²) in [5.41, 5.74) is 5.61. The minimum atomic E-state index is -0.0134. The van der Waals surface area contributed by atoms with E-state index in [0.717, 1.165) is 19.4 Å². The maximum absolute atomic E-state index is 11.7. The fourth-order valence-electron chi connectivity index (χ4n) is 1.61. The molecule has 16 heavy (non-hydrogen) atoms. The number of nitrogens with one attached hydrogen (secondary N) is 1. The number of rotatable bonds is 9. The van der Waals surface area contributed by atoms with E-state index in [1.54, 1.807) is 0 Å². The lowest BCUT2D eigenvalue weighted by Crippen LogP contribution is -2.36. The predicted molar refractivity (Wildman–Crippen MR) is 72.6 cm³/mol. The van der Waals surface area contributed by atoms with E-state index < -0.39 is 0 Å². The lowest BCUT2D eigenvalue weighted by atomic mass is 9.96. The van der Waals surface area contributed by atoms with Crippen LogP contribution in [0.1, 0.15) is 33.1 Å². The van der Waals surface area contributed by atoms with Crippen molar-refractivity contribution in [2.75, 3.05) is 25.1 Å². The standard InChI is InChI=1S/C12H26N2OS/c1-10(2)8-11(9-13)12(15)14-6-4-5-7-16-3/h10-11H,4-9,13H2,1-3H3,(H,14,15). The van der Waals surface area contributed by atoms with Crippen LogP contribution in [0.5, 0.6) is 0 Å². The van der Waals surface area contributed by atoms with Gasteiger partial charge in [0.2, 0.25) is 5.91 Å². The van der Waals surface area contributed by atoms with E-state index in [1.807, 2.05) is 11.8 Å². The average molecular weight is 246 g/mol. The normalized spacial score (nSPS) is 12.8. The summed E-state index contributed by atoms with van der Waals surface area (Å²) in [5.74, 6) is 1.80. The zero-order chi connectivity index (χ0) is 12.4. The number of unbranched alkanes of at least 4 members (excludes halogenated alkanes) is 1. The molecule has 3 N–H and O–H groups in total. The Bertz CT molecular complexity index is 186. The topological polar surface area (TPSA) is 55.1 Å². The first-order valence-corrected chi connectivity index (χ1v) is 7.47. The predicted octanol–water partition coefficient (Wildman–Crippen LogP) is 1.87. The van der Waals surface area contributed by atoms with Gasteiger partial charge in [0.15, 0.2) is 0 Å². The van der Waals surface area contributed by atoms with Crippen LogP contribution >= 0.6 is 11.8 Å². The zero-order valence-corrected chi connectivity index (χ0v) is 11.6. The second kappa shape index (κ2) is 9.97. The molecular formula is C12H26N2OS. The molecule has 0 saturated carbocycles. The number of hydrogen-bond donors (Lipinski definition) is 2. The van der Waals surface area contributed by atoms with Crippen molar-refractivity contribution < 1.29 is 4.79 Å². The third-order valence-electron chi connectivity index (χ3n) is 2.49. The highest BCUT2D eigenvalue weighted by Crippen LogP contribution is 2.10. The molecule has 1 atom stereocenters. The number of thioether (sulfide) groups is 1. The Morgan fingerprint density at radius 2 is 2.06 bits per heavy atom. The molecule has 1 amide bonds. The minimum absolute atomic E-state index is 0.0134. The maximum atomic E-state index is 11.7. The molecule has 0 heterocycles. The van der Waals surface area contributed by atoms with Crippen LogP contribution in [0, 0.1) is 11.8 Å². The van der Waals surface area contributed by atoms with Gasteiger partial charge in [0, 0.05) is 13.1 Å². The second-order valence-corrected chi connectivity index (χ2v) is 5.54. The summed E-state index contributed by atoms with van der Waals surface area (Å²) in [6.45, 7) is 5.48. The summed E-state index contributed by atoms with van der Waals surface area (Å²) in [5, 5.41) is 2.97. The van der Waals surface area contributed by atoms with Gasteiger partial charge in [0.25, 0.3) is 0 Å². The molecular weight excluding hydrogens is 220 g/mol. The van der Waals surface area contributed by atoms with Crippen molar-refractivity contribution in [3.8, 4) is 0 Å². The summed E-state index contributed by atoms with van der Waals surface area (Å²) >= 11 is 1.85. The smallest absolute Gasteiger partial charge is 0.224 e. The Kier molecular flexibility index (Phi) is 9.83. The van der Waals surface area contributed by atoms with Gasteiger partial charge in [-0.05, 0) is 37.2 Å². The van der Waals surface area contributed by atoms with Gasteiger partial charge in [0.05, 0.1) is 5.92 Å². The van der Waals surface area contributed by atoms with Gasteiger partial charge in [-0.3, -0.25) is 4.79 Å². The van der Waals surface area contributed by atoms with E-state index in [0.29, 0.717) is 12.5 Å². The molecule has 0 spiro atoms. The molecule has 0 rings (SSSR count). The first kappa shape index (κ1) is 15.8. The molecule has 4 heteroatoms. The molecule has 1 unspecified atom stereocenters.